The van der Waals surface area contributed by atoms with E-state index in [2.05, 4.69) is 20.0 Å². The van der Waals surface area contributed by atoms with Crippen LogP contribution < -0.4 is 9.64 Å². The van der Waals surface area contributed by atoms with Crippen LogP contribution in [0.1, 0.15) is 68.5 Å². The number of nitrogens with zero attached hydrogens (tertiary/aromatic N) is 6. The number of anilines is 1. The molecule has 1 saturated carbocycles. The second-order valence-corrected chi connectivity index (χ2v) is 14.2. The average Bonchev–Trinajstić information content (AvgIpc) is 3.60. The van der Waals surface area contributed by atoms with Crippen LogP contribution in [0.2, 0.25) is 0 Å². The highest BCUT2D eigenvalue weighted by Crippen LogP contribution is 2.45. The van der Waals surface area contributed by atoms with E-state index in [1.165, 1.54) is 25.5 Å². The number of hydrogen-bond acceptors (Lipinski definition) is 9. The quantitative estimate of drug-likeness (QED) is 0.250. The van der Waals surface area contributed by atoms with Crippen molar-refractivity contribution in [3.8, 4) is 28.5 Å². The number of hydrogen-bond donors (Lipinski definition) is 1. The fraction of sp³-hybridized carbons (Fsp3) is 0.543. The average molecular weight is 647 g/mol. The molecule has 47 heavy (non-hydrogen) atoms. The zero-order chi connectivity index (χ0) is 33.2. The lowest BCUT2D eigenvalue weighted by molar-refractivity contribution is -0.160. The molecule has 1 N–H and O–H groups in total. The Hall–Kier alpha value is -4.03. The van der Waals surface area contributed by atoms with Crippen LogP contribution in [0.3, 0.4) is 0 Å². The van der Waals surface area contributed by atoms with E-state index in [1.807, 2.05) is 45.4 Å². The monoisotopic (exact) mass is 646 g/mol. The van der Waals surface area contributed by atoms with Gasteiger partial charge in [0.1, 0.15) is 11.3 Å². The summed E-state index contributed by atoms with van der Waals surface area (Å²) < 4.78 is 35.8. The van der Waals surface area contributed by atoms with Gasteiger partial charge in [0.2, 0.25) is 0 Å². The summed E-state index contributed by atoms with van der Waals surface area (Å²) in [5.41, 5.74) is 4.04. The Morgan fingerprint density at radius 1 is 1.15 bits per heavy atom. The molecule has 1 aromatic carbocycles. The number of pyridine rings is 1. The molecule has 1 saturated heterocycles. The number of piperazine rings is 1. The van der Waals surface area contributed by atoms with Crippen molar-refractivity contribution in [1.82, 2.24) is 24.6 Å². The maximum Gasteiger partial charge on any atom is 0.337 e. The highest BCUT2D eigenvalue weighted by Gasteiger charge is 2.35. The lowest BCUT2D eigenvalue weighted by atomic mass is 9.86. The van der Waals surface area contributed by atoms with Gasteiger partial charge in [-0.05, 0) is 89.5 Å². The Labute approximate surface area is 273 Å². The summed E-state index contributed by atoms with van der Waals surface area (Å²) in [7, 11) is 1.86. The molecule has 0 bridgehead atoms. The largest absolute Gasteiger partial charge is 0.490 e. The first-order chi connectivity index (χ1) is 22.4. The lowest BCUT2D eigenvalue weighted by Gasteiger charge is -2.33. The zero-order valence-corrected chi connectivity index (χ0v) is 28.0. The minimum absolute atomic E-state index is 0.266. The molecule has 250 valence electrons. The number of ether oxygens (including phenoxy) is 2. The summed E-state index contributed by atoms with van der Waals surface area (Å²) >= 11 is 0. The van der Waals surface area contributed by atoms with E-state index < -0.39 is 23.5 Å². The fourth-order valence-corrected chi connectivity index (χ4v) is 7.01. The minimum atomic E-state index is -1.35. The number of carboxylic acid groups (broad SMARTS) is 1. The topological polar surface area (TPSA) is 119 Å². The van der Waals surface area contributed by atoms with Gasteiger partial charge in [-0.2, -0.15) is 0 Å². The molecular weight excluding hydrogens is 603 g/mol. The van der Waals surface area contributed by atoms with Crippen LogP contribution in [0.25, 0.3) is 33.7 Å². The number of rotatable bonds is 8. The predicted octanol–water partition coefficient (Wildman–Crippen LogP) is 5.84. The van der Waals surface area contributed by atoms with Gasteiger partial charge in [0.25, 0.3) is 5.89 Å². The van der Waals surface area contributed by atoms with Crippen LogP contribution in [0.5, 0.6) is 5.75 Å². The summed E-state index contributed by atoms with van der Waals surface area (Å²) in [6, 6.07) is 3.81. The molecular formula is C35H43FN6O5. The van der Waals surface area contributed by atoms with Gasteiger partial charge in [0, 0.05) is 67.5 Å². The van der Waals surface area contributed by atoms with Crippen LogP contribution in [-0.4, -0.2) is 80.7 Å². The molecule has 11 nitrogen and oxygen atoms in total. The van der Waals surface area contributed by atoms with Crippen molar-refractivity contribution in [2.75, 3.05) is 44.2 Å². The Bertz CT molecular complexity index is 1850. The number of carbonyl (C=O) groups is 1. The van der Waals surface area contributed by atoms with Crippen LogP contribution in [-0.2, 0) is 23.0 Å². The fourth-order valence-electron chi connectivity index (χ4n) is 7.01. The van der Waals surface area contributed by atoms with Crippen LogP contribution in [0.15, 0.2) is 16.5 Å². The zero-order valence-electron chi connectivity index (χ0n) is 28.0. The van der Waals surface area contributed by atoms with Crippen LogP contribution in [0, 0.1) is 25.6 Å². The molecule has 5 heterocycles. The second kappa shape index (κ2) is 11.9. The number of fused-ring (bicyclic) bond motifs is 2. The summed E-state index contributed by atoms with van der Waals surface area (Å²) in [5, 5.41) is 20.0. The van der Waals surface area contributed by atoms with Crippen LogP contribution >= 0.6 is 0 Å². The molecule has 2 aliphatic heterocycles. The third-order valence-corrected chi connectivity index (χ3v) is 9.56. The number of aromatic nitrogens is 4. The van der Waals surface area contributed by atoms with E-state index in [1.54, 1.807) is 6.92 Å². The van der Waals surface area contributed by atoms with Crippen molar-refractivity contribution in [1.29, 1.82) is 0 Å². The molecule has 0 amide bonds. The molecule has 12 heteroatoms. The van der Waals surface area contributed by atoms with E-state index in [9.17, 15) is 9.90 Å². The van der Waals surface area contributed by atoms with E-state index in [0.717, 1.165) is 49.6 Å². The normalized spacial score (nSPS) is 18.0. The van der Waals surface area contributed by atoms with Gasteiger partial charge in [-0.3, -0.25) is 4.90 Å². The van der Waals surface area contributed by atoms with E-state index >= 15 is 4.39 Å². The molecule has 7 rings (SSSR count). The maximum atomic E-state index is 15.7. The Balaban J connectivity index is 1.36. The first kappa shape index (κ1) is 31.6. The van der Waals surface area contributed by atoms with Crippen molar-refractivity contribution < 1.29 is 28.2 Å². The maximum absolute atomic E-state index is 15.7. The van der Waals surface area contributed by atoms with Crippen molar-refractivity contribution in [2.24, 2.45) is 13.0 Å². The number of benzene rings is 1. The van der Waals surface area contributed by atoms with Gasteiger partial charge < -0.3 is 28.5 Å². The van der Waals surface area contributed by atoms with Gasteiger partial charge in [0.05, 0.1) is 12.2 Å². The number of halogens is 1. The van der Waals surface area contributed by atoms with Crippen molar-refractivity contribution in [2.45, 2.75) is 72.0 Å². The van der Waals surface area contributed by atoms with E-state index in [-0.39, 0.29) is 5.75 Å². The first-order valence-electron chi connectivity index (χ1n) is 16.6. The van der Waals surface area contributed by atoms with Gasteiger partial charge in [-0.25, -0.2) is 14.2 Å². The van der Waals surface area contributed by atoms with Gasteiger partial charge in [0.15, 0.2) is 17.7 Å². The van der Waals surface area contributed by atoms with E-state index in [0.29, 0.717) is 64.0 Å². The molecule has 0 spiro atoms. The third kappa shape index (κ3) is 5.97. The number of aryl methyl sites for hydroxylation is 2. The molecule has 1 atom stereocenters. The summed E-state index contributed by atoms with van der Waals surface area (Å²) in [6.45, 7) is 14.3. The van der Waals surface area contributed by atoms with Crippen molar-refractivity contribution >= 4 is 23.0 Å². The predicted molar refractivity (Wildman–Crippen MR) is 175 cm³/mol. The van der Waals surface area contributed by atoms with Gasteiger partial charge in [-0.1, -0.05) is 5.10 Å². The Kier molecular flexibility index (Phi) is 7.99. The summed E-state index contributed by atoms with van der Waals surface area (Å²) in [6.07, 6.45) is 2.75. The van der Waals surface area contributed by atoms with Gasteiger partial charge in [-0.15, -0.1) is 5.10 Å². The highest BCUT2D eigenvalue weighted by atomic mass is 19.1. The third-order valence-electron chi connectivity index (χ3n) is 9.56. The molecule has 0 unspecified atom stereocenters. The highest BCUT2D eigenvalue weighted by molar-refractivity contribution is 6.01. The van der Waals surface area contributed by atoms with E-state index in [4.69, 9.17) is 18.9 Å². The Morgan fingerprint density at radius 2 is 1.89 bits per heavy atom. The molecule has 2 fully saturated rings. The molecule has 3 aromatic heterocycles. The smallest absolute Gasteiger partial charge is 0.337 e. The molecule has 0 radical (unpaired) electrons. The van der Waals surface area contributed by atoms with Gasteiger partial charge >= 0.3 is 12.0 Å². The number of carboxylic acids is 1. The lowest BCUT2D eigenvalue weighted by Crippen LogP contribution is -2.47. The van der Waals surface area contributed by atoms with Crippen molar-refractivity contribution in [3.05, 3.63) is 40.3 Å². The molecule has 1 aliphatic carbocycles. The van der Waals surface area contributed by atoms with Crippen LogP contribution in [0.4, 0.5) is 10.4 Å². The standard InChI is InChI=1S/C35H43FN6O5/c1-19-22-8-7-15-45-29(22)25(36)16-23(19)28-24-17-26(32-38-39-34(46-32)42-13-11-41(12-14-42)18-21-9-10-21)40(6)31(24)37-20(2)27(28)30(33(43)44)47-35(3,4)5/h16-17,21,30H,7-15,18H2,1-6H3,(H,43,44)/t30-/m0/s1. The molecule has 4 aromatic rings. The molecule has 3 aliphatic rings. The minimum Gasteiger partial charge on any atom is -0.490 e. The van der Waals surface area contributed by atoms with Crippen molar-refractivity contribution in [3.63, 3.8) is 0 Å². The number of aliphatic carboxylic acids is 1. The summed E-state index contributed by atoms with van der Waals surface area (Å²) in [5.74, 6) is -0.186. The Morgan fingerprint density at radius 3 is 2.57 bits per heavy atom. The summed E-state index contributed by atoms with van der Waals surface area (Å²) in [4.78, 5) is 22.4. The second-order valence-electron chi connectivity index (χ2n) is 14.2. The SMILES string of the molecule is Cc1nc2c(cc(-c3nnc(N4CCN(CC5CC5)CC4)o3)n2C)c(-c2cc(F)c3c(c2C)CCCO3)c1[C@H](OC(C)(C)C)C(=O)O. The first-order valence-corrected chi connectivity index (χ1v) is 16.6.